The monoisotopic (exact) mass is 265 g/mol. The first-order chi connectivity index (χ1) is 8.73. The molecule has 1 aliphatic heterocycles. The van der Waals surface area contributed by atoms with Crippen LogP contribution in [0.3, 0.4) is 0 Å². The second-order valence-corrected chi connectivity index (χ2v) is 6.25. The summed E-state index contributed by atoms with van der Waals surface area (Å²) in [5.41, 5.74) is 7.19. The first-order valence-corrected chi connectivity index (χ1v) is 7.59. The van der Waals surface area contributed by atoms with E-state index in [1.807, 2.05) is 23.9 Å². The van der Waals surface area contributed by atoms with Crippen molar-refractivity contribution in [2.75, 3.05) is 18.6 Å². The molecule has 0 aromatic heterocycles. The molecular weight excluding hydrogens is 246 g/mol. The normalized spacial score (nSPS) is 24.9. The van der Waals surface area contributed by atoms with Gasteiger partial charge in [0.1, 0.15) is 6.10 Å². The predicted molar refractivity (Wildman–Crippen MR) is 74.5 cm³/mol. The minimum Gasteiger partial charge on any atom is -0.493 e. The maximum atomic E-state index is 6.28. The van der Waals surface area contributed by atoms with Crippen LogP contribution in [0.1, 0.15) is 24.8 Å². The third kappa shape index (κ3) is 2.19. The molecule has 0 radical (unpaired) electrons. The van der Waals surface area contributed by atoms with Crippen molar-refractivity contribution in [1.82, 2.24) is 0 Å². The summed E-state index contributed by atoms with van der Waals surface area (Å²) in [5.74, 6) is 3.93. The molecule has 1 atom stereocenters. The van der Waals surface area contributed by atoms with Crippen LogP contribution in [0.4, 0.5) is 0 Å². The Morgan fingerprint density at radius 2 is 2.22 bits per heavy atom. The molecule has 0 bridgehead atoms. The van der Waals surface area contributed by atoms with Gasteiger partial charge in [0.25, 0.3) is 0 Å². The number of rotatable bonds is 4. The minimum atomic E-state index is -0.185. The number of ether oxygens (including phenoxy) is 2. The number of thioether (sulfide) groups is 1. The molecule has 2 aliphatic rings. The van der Waals surface area contributed by atoms with Gasteiger partial charge >= 0.3 is 0 Å². The number of hydrogen-bond acceptors (Lipinski definition) is 4. The number of nitrogens with two attached hydrogens (primary N) is 1. The first-order valence-electron chi connectivity index (χ1n) is 6.44. The lowest BCUT2D eigenvalue weighted by Gasteiger charge is -2.20. The lowest BCUT2D eigenvalue weighted by Crippen LogP contribution is -2.21. The molecule has 2 fully saturated rings. The summed E-state index contributed by atoms with van der Waals surface area (Å²) in [5, 5.41) is 0. The zero-order valence-corrected chi connectivity index (χ0v) is 11.5. The van der Waals surface area contributed by atoms with Crippen molar-refractivity contribution >= 4 is 11.8 Å². The fourth-order valence-electron chi connectivity index (χ4n) is 2.40. The van der Waals surface area contributed by atoms with Gasteiger partial charge in [0.05, 0.1) is 7.11 Å². The Morgan fingerprint density at radius 3 is 2.83 bits per heavy atom. The van der Waals surface area contributed by atoms with Gasteiger partial charge < -0.3 is 15.2 Å². The smallest absolute Gasteiger partial charge is 0.165 e. The van der Waals surface area contributed by atoms with Crippen molar-refractivity contribution in [1.29, 1.82) is 0 Å². The standard InChI is InChI=1S/C14H19NO2S/c1-16-13-11(14(15)6-7-14)3-2-4-12(13)17-10-5-8-18-9-10/h2-4,10H,5-9,15H2,1H3. The summed E-state index contributed by atoms with van der Waals surface area (Å²) in [4.78, 5) is 0. The molecule has 3 rings (SSSR count). The topological polar surface area (TPSA) is 44.5 Å². The fourth-order valence-corrected chi connectivity index (χ4v) is 3.49. The molecule has 1 aromatic carbocycles. The van der Waals surface area contributed by atoms with Gasteiger partial charge in [-0.25, -0.2) is 0 Å². The maximum Gasteiger partial charge on any atom is 0.165 e. The largest absolute Gasteiger partial charge is 0.493 e. The van der Waals surface area contributed by atoms with Crippen LogP contribution in [0, 0.1) is 0 Å². The van der Waals surface area contributed by atoms with E-state index in [1.54, 1.807) is 7.11 Å². The number of para-hydroxylation sites is 1. The molecular formula is C14H19NO2S. The summed E-state index contributed by atoms with van der Waals surface area (Å²) in [6.45, 7) is 0. The van der Waals surface area contributed by atoms with Gasteiger partial charge in [0.2, 0.25) is 0 Å². The quantitative estimate of drug-likeness (QED) is 0.908. The van der Waals surface area contributed by atoms with Crippen LogP contribution in [0.25, 0.3) is 0 Å². The van der Waals surface area contributed by atoms with Crippen LogP contribution >= 0.6 is 11.8 Å². The van der Waals surface area contributed by atoms with Crippen LogP contribution in [0.2, 0.25) is 0 Å². The van der Waals surface area contributed by atoms with Crippen molar-refractivity contribution in [3.8, 4) is 11.5 Å². The molecule has 1 saturated heterocycles. The van der Waals surface area contributed by atoms with Gasteiger partial charge in [-0.15, -0.1) is 0 Å². The Hall–Kier alpha value is -0.870. The summed E-state index contributed by atoms with van der Waals surface area (Å²) in [6.07, 6.45) is 3.50. The average Bonchev–Trinajstić information content (AvgIpc) is 2.92. The van der Waals surface area contributed by atoms with Crippen molar-refractivity contribution < 1.29 is 9.47 Å². The zero-order valence-electron chi connectivity index (χ0n) is 10.6. The van der Waals surface area contributed by atoms with Crippen molar-refractivity contribution in [2.24, 2.45) is 5.73 Å². The Labute approximate surface area is 112 Å². The SMILES string of the molecule is COc1c(OC2CCSC2)cccc1C1(N)CC1. The van der Waals surface area contributed by atoms with Crippen molar-refractivity contribution in [3.05, 3.63) is 23.8 Å². The number of hydrogen-bond donors (Lipinski definition) is 1. The molecule has 18 heavy (non-hydrogen) atoms. The Kier molecular flexibility index (Phi) is 3.16. The Bertz CT molecular complexity index is 439. The van der Waals surface area contributed by atoms with Crippen molar-refractivity contribution in [3.63, 3.8) is 0 Å². The summed E-state index contributed by atoms with van der Waals surface area (Å²) in [7, 11) is 1.70. The third-order valence-corrected chi connectivity index (χ3v) is 4.82. The second-order valence-electron chi connectivity index (χ2n) is 5.10. The van der Waals surface area contributed by atoms with E-state index in [0.29, 0.717) is 6.10 Å². The molecule has 98 valence electrons. The predicted octanol–water partition coefficient (Wildman–Crippen LogP) is 2.53. The molecule has 2 N–H and O–H groups in total. The van der Waals surface area contributed by atoms with E-state index in [4.69, 9.17) is 15.2 Å². The summed E-state index contributed by atoms with van der Waals surface area (Å²) in [6, 6.07) is 6.06. The highest BCUT2D eigenvalue weighted by atomic mass is 32.2. The van der Waals surface area contributed by atoms with Crippen LogP contribution in [-0.2, 0) is 5.54 Å². The Balaban J connectivity index is 1.88. The minimum absolute atomic E-state index is 0.185. The van der Waals surface area contributed by atoms with E-state index in [9.17, 15) is 0 Å². The third-order valence-electron chi connectivity index (χ3n) is 3.69. The van der Waals surface area contributed by atoms with Crippen LogP contribution in [0.5, 0.6) is 11.5 Å². The van der Waals surface area contributed by atoms with Gasteiger partial charge in [0, 0.05) is 16.9 Å². The van der Waals surface area contributed by atoms with E-state index < -0.39 is 0 Å². The van der Waals surface area contributed by atoms with E-state index in [1.165, 1.54) is 5.75 Å². The highest BCUT2D eigenvalue weighted by Crippen LogP contribution is 2.49. The van der Waals surface area contributed by atoms with Gasteiger partial charge in [0.15, 0.2) is 11.5 Å². The molecule has 4 heteroatoms. The summed E-state index contributed by atoms with van der Waals surface area (Å²) < 4.78 is 11.6. The van der Waals surface area contributed by atoms with E-state index in [0.717, 1.165) is 42.1 Å². The molecule has 3 nitrogen and oxygen atoms in total. The molecule has 0 spiro atoms. The van der Waals surface area contributed by atoms with E-state index in [2.05, 4.69) is 6.07 Å². The maximum absolute atomic E-state index is 6.28. The lowest BCUT2D eigenvalue weighted by atomic mass is 10.0. The fraction of sp³-hybridized carbons (Fsp3) is 0.571. The van der Waals surface area contributed by atoms with Gasteiger partial charge in [-0.3, -0.25) is 0 Å². The zero-order chi connectivity index (χ0) is 12.6. The first kappa shape index (κ1) is 12.2. The molecule has 0 amide bonds. The Morgan fingerprint density at radius 1 is 1.39 bits per heavy atom. The molecule has 1 heterocycles. The molecule has 1 saturated carbocycles. The molecule has 1 aromatic rings. The number of benzene rings is 1. The van der Waals surface area contributed by atoms with E-state index >= 15 is 0 Å². The number of methoxy groups -OCH3 is 1. The van der Waals surface area contributed by atoms with Gasteiger partial charge in [-0.1, -0.05) is 12.1 Å². The second kappa shape index (κ2) is 4.67. The molecule has 1 aliphatic carbocycles. The van der Waals surface area contributed by atoms with Crippen LogP contribution < -0.4 is 15.2 Å². The van der Waals surface area contributed by atoms with Crippen LogP contribution in [-0.4, -0.2) is 24.7 Å². The average molecular weight is 265 g/mol. The van der Waals surface area contributed by atoms with E-state index in [-0.39, 0.29) is 5.54 Å². The van der Waals surface area contributed by atoms with Gasteiger partial charge in [-0.2, -0.15) is 11.8 Å². The highest BCUT2D eigenvalue weighted by molar-refractivity contribution is 7.99. The van der Waals surface area contributed by atoms with Gasteiger partial charge in [-0.05, 0) is 31.1 Å². The van der Waals surface area contributed by atoms with Crippen LogP contribution in [0.15, 0.2) is 18.2 Å². The summed E-state index contributed by atoms with van der Waals surface area (Å²) >= 11 is 1.95. The lowest BCUT2D eigenvalue weighted by molar-refractivity contribution is 0.217. The highest BCUT2D eigenvalue weighted by Gasteiger charge is 2.43. The molecule has 1 unspecified atom stereocenters. The van der Waals surface area contributed by atoms with Crippen molar-refractivity contribution in [2.45, 2.75) is 30.9 Å².